The van der Waals surface area contributed by atoms with E-state index < -0.39 is 4.92 Å². The Hall–Kier alpha value is -1.62. The minimum Gasteiger partial charge on any atom is -0.326 e. The first-order valence-electron chi connectivity index (χ1n) is 5.20. The zero-order chi connectivity index (χ0) is 13.0. The molecule has 1 N–H and O–H groups in total. The summed E-state index contributed by atoms with van der Waals surface area (Å²) in [5.41, 5.74) is 0.167. The van der Waals surface area contributed by atoms with E-state index in [0.29, 0.717) is 12.1 Å². The summed E-state index contributed by atoms with van der Waals surface area (Å²) in [5, 5.41) is 13.3. The van der Waals surface area contributed by atoms with Gasteiger partial charge in [-0.2, -0.15) is 0 Å². The largest absolute Gasteiger partial charge is 0.326 e. The van der Waals surface area contributed by atoms with Crippen LogP contribution in [0.1, 0.15) is 20.3 Å². The molecule has 0 saturated carbocycles. The molecule has 0 heterocycles. The monoisotopic (exact) mass is 256 g/mol. The minimum atomic E-state index is -0.582. The zero-order valence-electron chi connectivity index (χ0n) is 9.57. The summed E-state index contributed by atoms with van der Waals surface area (Å²) in [7, 11) is 0. The third-order valence-corrected chi connectivity index (χ3v) is 2.79. The molecule has 0 aromatic heterocycles. The van der Waals surface area contributed by atoms with Crippen LogP contribution in [0.25, 0.3) is 0 Å². The molecular weight excluding hydrogens is 244 g/mol. The van der Waals surface area contributed by atoms with E-state index in [-0.39, 0.29) is 22.5 Å². The average molecular weight is 257 g/mol. The van der Waals surface area contributed by atoms with Gasteiger partial charge in [0.05, 0.1) is 4.92 Å². The molecule has 92 valence electrons. The Morgan fingerprint density at radius 1 is 1.59 bits per heavy atom. The molecule has 0 fully saturated rings. The Bertz CT molecular complexity index is 448. The summed E-state index contributed by atoms with van der Waals surface area (Å²) in [6.07, 6.45) is 0.710. The average Bonchev–Trinajstić information content (AvgIpc) is 2.30. The molecule has 1 unspecified atom stereocenters. The highest BCUT2D eigenvalue weighted by atomic mass is 35.5. The van der Waals surface area contributed by atoms with E-state index >= 15 is 0 Å². The van der Waals surface area contributed by atoms with Crippen LogP contribution < -0.4 is 5.32 Å². The standard InChI is InChI=1S/C11H13ClN2O3/c1-3-7(2)11(15)13-8-4-5-9(12)10(6-8)14(16)17/h4-7H,3H2,1-2H3,(H,13,15). The first-order valence-corrected chi connectivity index (χ1v) is 5.58. The molecule has 0 saturated heterocycles. The minimum absolute atomic E-state index is 0.0524. The van der Waals surface area contributed by atoms with Gasteiger partial charge in [0.15, 0.2) is 0 Å². The Balaban J connectivity index is 2.90. The van der Waals surface area contributed by atoms with Gasteiger partial charge in [-0.25, -0.2) is 0 Å². The maximum atomic E-state index is 11.6. The molecule has 1 atom stereocenters. The first kappa shape index (κ1) is 13.4. The summed E-state index contributed by atoms with van der Waals surface area (Å²) < 4.78 is 0. The number of anilines is 1. The highest BCUT2D eigenvalue weighted by Gasteiger charge is 2.15. The topological polar surface area (TPSA) is 72.2 Å². The van der Waals surface area contributed by atoms with Gasteiger partial charge in [-0.3, -0.25) is 14.9 Å². The van der Waals surface area contributed by atoms with Gasteiger partial charge in [-0.15, -0.1) is 0 Å². The molecule has 5 nitrogen and oxygen atoms in total. The molecule has 1 aromatic rings. The summed E-state index contributed by atoms with van der Waals surface area (Å²) in [6.45, 7) is 3.69. The van der Waals surface area contributed by atoms with Gasteiger partial charge in [0.2, 0.25) is 5.91 Å². The van der Waals surface area contributed by atoms with Crippen LogP contribution in [-0.4, -0.2) is 10.8 Å². The van der Waals surface area contributed by atoms with E-state index in [2.05, 4.69) is 5.32 Å². The number of rotatable bonds is 4. The Morgan fingerprint density at radius 3 is 2.76 bits per heavy atom. The van der Waals surface area contributed by atoms with Crippen molar-refractivity contribution >= 4 is 28.9 Å². The van der Waals surface area contributed by atoms with Crippen molar-refractivity contribution in [3.63, 3.8) is 0 Å². The maximum Gasteiger partial charge on any atom is 0.289 e. The van der Waals surface area contributed by atoms with Crippen LogP contribution in [0, 0.1) is 16.0 Å². The smallest absolute Gasteiger partial charge is 0.289 e. The van der Waals surface area contributed by atoms with Gasteiger partial charge in [0, 0.05) is 17.7 Å². The fourth-order valence-electron chi connectivity index (χ4n) is 1.18. The van der Waals surface area contributed by atoms with E-state index in [1.165, 1.54) is 18.2 Å². The normalized spacial score (nSPS) is 11.9. The third kappa shape index (κ3) is 3.42. The molecule has 0 radical (unpaired) electrons. The van der Waals surface area contributed by atoms with Crippen LogP contribution >= 0.6 is 11.6 Å². The number of hydrogen-bond donors (Lipinski definition) is 1. The molecule has 0 aliphatic rings. The number of nitro groups is 1. The number of carbonyl (C=O) groups excluding carboxylic acids is 1. The number of hydrogen-bond acceptors (Lipinski definition) is 3. The molecule has 6 heteroatoms. The number of nitrogens with one attached hydrogen (secondary N) is 1. The van der Waals surface area contributed by atoms with Crippen molar-refractivity contribution in [3.8, 4) is 0 Å². The summed E-state index contributed by atoms with van der Waals surface area (Å²) in [5.74, 6) is -0.297. The molecule has 0 aliphatic heterocycles. The number of halogens is 1. The van der Waals surface area contributed by atoms with Crippen molar-refractivity contribution in [1.29, 1.82) is 0 Å². The molecule has 17 heavy (non-hydrogen) atoms. The lowest BCUT2D eigenvalue weighted by Gasteiger charge is -2.09. The zero-order valence-corrected chi connectivity index (χ0v) is 10.3. The van der Waals surface area contributed by atoms with Gasteiger partial charge in [-0.05, 0) is 18.6 Å². The van der Waals surface area contributed by atoms with E-state index in [4.69, 9.17) is 11.6 Å². The summed E-state index contributed by atoms with van der Waals surface area (Å²) in [6, 6.07) is 4.18. The lowest BCUT2D eigenvalue weighted by Crippen LogP contribution is -2.19. The molecular formula is C11H13ClN2O3. The van der Waals surface area contributed by atoms with Crippen LogP contribution in [0.2, 0.25) is 5.02 Å². The van der Waals surface area contributed by atoms with E-state index in [1.807, 2.05) is 6.92 Å². The SMILES string of the molecule is CCC(C)C(=O)Nc1ccc(Cl)c([N+](=O)[O-])c1. The highest BCUT2D eigenvalue weighted by Crippen LogP contribution is 2.27. The molecule has 1 amide bonds. The van der Waals surface area contributed by atoms with Gasteiger partial charge >= 0.3 is 0 Å². The molecule has 1 rings (SSSR count). The summed E-state index contributed by atoms with van der Waals surface area (Å²) in [4.78, 5) is 21.7. The van der Waals surface area contributed by atoms with Crippen molar-refractivity contribution in [1.82, 2.24) is 0 Å². The fraction of sp³-hybridized carbons (Fsp3) is 0.364. The number of carbonyl (C=O) groups is 1. The Morgan fingerprint density at radius 2 is 2.24 bits per heavy atom. The van der Waals surface area contributed by atoms with Crippen molar-refractivity contribution < 1.29 is 9.72 Å². The van der Waals surface area contributed by atoms with E-state index in [0.717, 1.165) is 0 Å². The van der Waals surface area contributed by atoms with Gasteiger partial charge < -0.3 is 5.32 Å². The van der Waals surface area contributed by atoms with Crippen LogP contribution in [0.5, 0.6) is 0 Å². The number of nitro benzene ring substituents is 1. The van der Waals surface area contributed by atoms with Crippen molar-refractivity contribution in [3.05, 3.63) is 33.3 Å². The molecule has 0 spiro atoms. The van der Waals surface area contributed by atoms with E-state index in [1.54, 1.807) is 6.92 Å². The lowest BCUT2D eigenvalue weighted by atomic mass is 10.1. The fourth-order valence-corrected chi connectivity index (χ4v) is 1.37. The second-order valence-electron chi connectivity index (χ2n) is 3.72. The second-order valence-corrected chi connectivity index (χ2v) is 4.13. The summed E-state index contributed by atoms with van der Waals surface area (Å²) >= 11 is 5.66. The third-order valence-electron chi connectivity index (χ3n) is 2.47. The predicted molar refractivity (Wildman–Crippen MR) is 66.2 cm³/mol. The van der Waals surface area contributed by atoms with Crippen LogP contribution in [0.15, 0.2) is 18.2 Å². The van der Waals surface area contributed by atoms with Gasteiger partial charge in [-0.1, -0.05) is 25.4 Å². The van der Waals surface area contributed by atoms with Crippen LogP contribution in [0.4, 0.5) is 11.4 Å². The lowest BCUT2D eigenvalue weighted by molar-refractivity contribution is -0.384. The molecule has 1 aromatic carbocycles. The van der Waals surface area contributed by atoms with Crippen molar-refractivity contribution in [2.24, 2.45) is 5.92 Å². The Labute approximate surface area is 104 Å². The van der Waals surface area contributed by atoms with Crippen LogP contribution in [-0.2, 0) is 4.79 Å². The quantitative estimate of drug-likeness (QED) is 0.664. The van der Waals surface area contributed by atoms with Gasteiger partial charge in [0.1, 0.15) is 5.02 Å². The highest BCUT2D eigenvalue weighted by molar-refractivity contribution is 6.32. The van der Waals surface area contributed by atoms with Crippen molar-refractivity contribution in [2.45, 2.75) is 20.3 Å². The maximum absolute atomic E-state index is 11.6. The number of nitrogens with zero attached hydrogens (tertiary/aromatic N) is 1. The Kier molecular flexibility index (Phi) is 4.45. The van der Waals surface area contributed by atoms with E-state index in [9.17, 15) is 14.9 Å². The van der Waals surface area contributed by atoms with Gasteiger partial charge in [0.25, 0.3) is 5.69 Å². The number of amides is 1. The molecule has 0 bridgehead atoms. The number of benzene rings is 1. The van der Waals surface area contributed by atoms with Crippen molar-refractivity contribution in [2.75, 3.05) is 5.32 Å². The second kappa shape index (κ2) is 5.63. The predicted octanol–water partition coefficient (Wildman–Crippen LogP) is 3.23. The first-order chi connectivity index (χ1) is 7.95. The van der Waals surface area contributed by atoms with Crippen LogP contribution in [0.3, 0.4) is 0 Å². The molecule has 0 aliphatic carbocycles.